The summed E-state index contributed by atoms with van der Waals surface area (Å²) in [4.78, 5) is 16.8. The van der Waals surface area contributed by atoms with E-state index in [2.05, 4.69) is 48.2 Å². The zero-order chi connectivity index (χ0) is 22.8. The number of hydrogen-bond donors (Lipinski definition) is 2. The highest BCUT2D eigenvalue weighted by Crippen LogP contribution is 2.42. The fraction of sp³-hybridized carbons (Fsp3) is 0.423. The molecule has 2 aromatic rings. The van der Waals surface area contributed by atoms with Gasteiger partial charge in [0.05, 0.1) is 0 Å². The quantitative estimate of drug-likeness (QED) is 0.632. The van der Waals surface area contributed by atoms with Gasteiger partial charge in [-0.25, -0.2) is 0 Å². The first-order valence-corrected chi connectivity index (χ1v) is 12.5. The number of nitrogens with two attached hydrogens (primary N) is 1. The van der Waals surface area contributed by atoms with Crippen LogP contribution in [0.5, 0.6) is 5.75 Å². The van der Waals surface area contributed by atoms with Gasteiger partial charge in [-0.3, -0.25) is 9.69 Å². The molecule has 32 heavy (non-hydrogen) atoms. The van der Waals surface area contributed by atoms with Crippen molar-refractivity contribution in [1.82, 2.24) is 4.90 Å². The molecule has 3 N–H and O–H groups in total. The Morgan fingerprint density at radius 3 is 2.66 bits per heavy atom. The van der Waals surface area contributed by atoms with Crippen molar-refractivity contribution >= 4 is 23.4 Å². The molecule has 170 valence electrons. The lowest BCUT2D eigenvalue weighted by atomic mass is 9.79. The van der Waals surface area contributed by atoms with Crippen LogP contribution in [0.1, 0.15) is 66.6 Å². The Kier molecular flexibility index (Phi) is 6.82. The zero-order valence-electron chi connectivity index (χ0n) is 19.1. The number of primary amides is 1. The molecule has 0 aliphatic carbocycles. The maximum Gasteiger partial charge on any atom is 0.248 e. The topological polar surface area (TPSA) is 69.8 Å². The van der Waals surface area contributed by atoms with Gasteiger partial charge < -0.3 is 15.7 Å². The van der Waals surface area contributed by atoms with E-state index in [4.69, 9.17) is 5.73 Å². The predicted molar refractivity (Wildman–Crippen MR) is 133 cm³/mol. The van der Waals surface area contributed by atoms with Crippen molar-refractivity contribution in [2.24, 2.45) is 5.73 Å². The molecule has 0 bridgehead atoms. The average molecular weight is 452 g/mol. The van der Waals surface area contributed by atoms with Gasteiger partial charge in [-0.2, -0.15) is 0 Å². The summed E-state index contributed by atoms with van der Waals surface area (Å²) in [7, 11) is 0. The van der Waals surface area contributed by atoms with E-state index in [1.807, 2.05) is 36.0 Å². The van der Waals surface area contributed by atoms with Gasteiger partial charge in [-0.15, -0.1) is 0 Å². The summed E-state index contributed by atoms with van der Waals surface area (Å²) in [6, 6.07) is 11.9. The van der Waals surface area contributed by atoms with Crippen molar-refractivity contribution in [2.75, 3.05) is 11.4 Å². The minimum absolute atomic E-state index is 0.162. The number of nitrogens with zero attached hydrogens (tertiary/aromatic N) is 2. The number of carbonyl (C=O) groups excluding carboxylic acids is 1. The van der Waals surface area contributed by atoms with Gasteiger partial charge in [0, 0.05) is 36.1 Å². The van der Waals surface area contributed by atoms with Crippen molar-refractivity contribution in [3.05, 3.63) is 70.3 Å². The molecule has 1 saturated heterocycles. The molecule has 0 saturated carbocycles. The zero-order valence-corrected chi connectivity index (χ0v) is 19.9. The summed E-state index contributed by atoms with van der Waals surface area (Å²) in [5.74, 6) is 0.347. The Bertz CT molecular complexity index is 1020. The number of hydrogen-bond acceptors (Lipinski definition) is 5. The van der Waals surface area contributed by atoms with Gasteiger partial charge in [0.2, 0.25) is 5.91 Å². The van der Waals surface area contributed by atoms with Crippen LogP contribution >= 0.6 is 11.8 Å². The van der Waals surface area contributed by atoms with E-state index in [0.717, 1.165) is 43.5 Å². The van der Waals surface area contributed by atoms with Crippen LogP contribution in [0, 0.1) is 0 Å². The number of aromatic hydroxyl groups is 1. The SMILES string of the molecule is CCc1c(C(N)=O)ccc(C2CCCN(C3SC=CN3c3cccc(O)c3)C2C)c1CC. The maximum atomic E-state index is 12.0. The molecule has 1 amide bonds. The van der Waals surface area contributed by atoms with E-state index in [9.17, 15) is 9.90 Å². The van der Waals surface area contributed by atoms with E-state index in [1.165, 1.54) is 11.1 Å². The molecule has 2 aromatic carbocycles. The first-order valence-electron chi connectivity index (χ1n) is 11.6. The predicted octanol–water partition coefficient (Wildman–Crippen LogP) is 5.19. The van der Waals surface area contributed by atoms with Crippen molar-refractivity contribution in [3.8, 4) is 5.75 Å². The standard InChI is InChI=1S/C26H33N3O2S/c1-4-20-21(5-2)24(25(27)31)12-11-23(20)22-10-7-13-28(17(22)3)26-29(14-15-32-26)18-8-6-9-19(30)16-18/h6,8-9,11-12,14-17,22,26,30H,4-5,7,10,13H2,1-3H3,(H2,27,31). The van der Waals surface area contributed by atoms with E-state index in [0.29, 0.717) is 17.5 Å². The number of phenolic OH excluding ortho intramolecular Hbond substituents is 1. The molecule has 1 fully saturated rings. The molecule has 0 aromatic heterocycles. The Labute approximate surface area is 195 Å². The molecule has 0 spiro atoms. The molecule has 0 radical (unpaired) electrons. The van der Waals surface area contributed by atoms with Crippen LogP contribution in [0.25, 0.3) is 0 Å². The molecular formula is C26H33N3O2S. The van der Waals surface area contributed by atoms with Crippen LogP contribution in [0.15, 0.2) is 48.0 Å². The third-order valence-corrected chi connectivity index (χ3v) is 7.97. The largest absolute Gasteiger partial charge is 0.508 e. The molecule has 4 rings (SSSR count). The first kappa shape index (κ1) is 22.7. The van der Waals surface area contributed by atoms with Gasteiger partial charge in [-0.1, -0.05) is 37.7 Å². The summed E-state index contributed by atoms with van der Waals surface area (Å²) in [6.07, 6.45) is 6.09. The summed E-state index contributed by atoms with van der Waals surface area (Å²) in [5.41, 5.74) is 11.3. The number of anilines is 1. The third-order valence-electron chi connectivity index (χ3n) is 6.95. The highest BCUT2D eigenvalue weighted by atomic mass is 32.2. The van der Waals surface area contributed by atoms with Gasteiger partial charge in [0.1, 0.15) is 11.2 Å². The Morgan fingerprint density at radius 1 is 1.19 bits per heavy atom. The van der Waals surface area contributed by atoms with Crippen molar-refractivity contribution in [1.29, 1.82) is 0 Å². The highest BCUT2D eigenvalue weighted by Gasteiger charge is 2.38. The number of piperidine rings is 1. The summed E-state index contributed by atoms with van der Waals surface area (Å²) in [6.45, 7) is 7.65. The molecule has 2 aliphatic heterocycles. The number of amides is 1. The lowest BCUT2D eigenvalue weighted by Crippen LogP contribution is -2.51. The molecule has 3 unspecified atom stereocenters. The van der Waals surface area contributed by atoms with Crippen LogP contribution in [-0.2, 0) is 12.8 Å². The van der Waals surface area contributed by atoms with Gasteiger partial charge in [0.15, 0.2) is 0 Å². The van der Waals surface area contributed by atoms with Crippen LogP contribution in [0.2, 0.25) is 0 Å². The number of rotatable bonds is 6. The Balaban J connectivity index is 1.65. The highest BCUT2D eigenvalue weighted by molar-refractivity contribution is 8.03. The van der Waals surface area contributed by atoms with E-state index in [-0.39, 0.29) is 17.2 Å². The number of carbonyl (C=O) groups is 1. The average Bonchev–Trinajstić information content (AvgIpc) is 3.27. The van der Waals surface area contributed by atoms with Crippen LogP contribution in [0.3, 0.4) is 0 Å². The molecule has 2 heterocycles. The van der Waals surface area contributed by atoms with Crippen LogP contribution < -0.4 is 10.6 Å². The lowest BCUT2D eigenvalue weighted by molar-refractivity contribution is 0.0999. The Hall–Kier alpha value is -2.44. The van der Waals surface area contributed by atoms with Crippen LogP contribution in [0.4, 0.5) is 5.69 Å². The van der Waals surface area contributed by atoms with E-state index in [1.54, 1.807) is 6.07 Å². The molecule has 3 atom stereocenters. The minimum atomic E-state index is -0.336. The number of likely N-dealkylation sites (tertiary alicyclic amines) is 1. The summed E-state index contributed by atoms with van der Waals surface area (Å²) in [5, 5.41) is 12.1. The summed E-state index contributed by atoms with van der Waals surface area (Å²) >= 11 is 1.81. The normalized spacial score (nSPS) is 23.6. The fourth-order valence-electron chi connectivity index (χ4n) is 5.42. The molecule has 6 heteroatoms. The summed E-state index contributed by atoms with van der Waals surface area (Å²) < 4.78 is 0. The second kappa shape index (κ2) is 9.59. The van der Waals surface area contributed by atoms with Crippen molar-refractivity contribution in [2.45, 2.75) is 63.9 Å². The smallest absolute Gasteiger partial charge is 0.248 e. The number of thioether (sulfide) groups is 1. The van der Waals surface area contributed by atoms with E-state index >= 15 is 0 Å². The fourth-order valence-corrected chi connectivity index (χ4v) is 6.54. The first-order chi connectivity index (χ1) is 15.5. The van der Waals surface area contributed by atoms with Crippen LogP contribution in [-0.4, -0.2) is 34.0 Å². The number of phenols is 1. The van der Waals surface area contributed by atoms with Gasteiger partial charge >= 0.3 is 0 Å². The van der Waals surface area contributed by atoms with Crippen molar-refractivity contribution in [3.63, 3.8) is 0 Å². The molecule has 5 nitrogen and oxygen atoms in total. The van der Waals surface area contributed by atoms with Gasteiger partial charge in [0.25, 0.3) is 0 Å². The molecular weight excluding hydrogens is 418 g/mol. The third kappa shape index (κ3) is 4.14. The molecule has 2 aliphatic rings. The van der Waals surface area contributed by atoms with Crippen molar-refractivity contribution < 1.29 is 9.90 Å². The minimum Gasteiger partial charge on any atom is -0.508 e. The Morgan fingerprint density at radius 2 is 1.97 bits per heavy atom. The number of benzene rings is 2. The second-order valence-electron chi connectivity index (χ2n) is 8.63. The van der Waals surface area contributed by atoms with Gasteiger partial charge in [-0.05, 0) is 78.8 Å². The monoisotopic (exact) mass is 451 g/mol. The second-order valence-corrected chi connectivity index (χ2v) is 9.60. The maximum absolute atomic E-state index is 12.0. The van der Waals surface area contributed by atoms with E-state index < -0.39 is 0 Å². The lowest BCUT2D eigenvalue weighted by Gasteiger charge is -2.45.